The predicted octanol–water partition coefficient (Wildman–Crippen LogP) is 2.66. The number of hydrogen-bond donors (Lipinski definition) is 0. The van der Waals surface area contributed by atoms with Gasteiger partial charge in [0.1, 0.15) is 6.10 Å². The van der Waals surface area contributed by atoms with Crippen molar-refractivity contribution in [2.75, 3.05) is 0 Å². The Bertz CT molecular complexity index is 678. The Hall–Kier alpha value is -1.98. The monoisotopic (exact) mass is 290 g/mol. The molecule has 0 aliphatic rings. The van der Waals surface area contributed by atoms with E-state index in [1.54, 1.807) is 48.5 Å². The van der Waals surface area contributed by atoms with Crippen molar-refractivity contribution in [1.82, 2.24) is 0 Å². The molecule has 0 heterocycles. The van der Waals surface area contributed by atoms with Crippen molar-refractivity contribution < 1.29 is 17.4 Å². The van der Waals surface area contributed by atoms with E-state index in [4.69, 9.17) is 4.18 Å². The van der Waals surface area contributed by atoms with Gasteiger partial charge in [0.25, 0.3) is 10.1 Å². The van der Waals surface area contributed by atoms with Gasteiger partial charge in [-0.3, -0.25) is 8.98 Å². The van der Waals surface area contributed by atoms with Crippen molar-refractivity contribution >= 4 is 15.9 Å². The topological polar surface area (TPSA) is 60.4 Å². The molecule has 0 spiro atoms. The van der Waals surface area contributed by atoms with Crippen molar-refractivity contribution in [1.29, 1.82) is 0 Å². The van der Waals surface area contributed by atoms with E-state index in [0.717, 1.165) is 0 Å². The molecule has 0 saturated carbocycles. The summed E-state index contributed by atoms with van der Waals surface area (Å²) >= 11 is 0. The van der Waals surface area contributed by atoms with Crippen molar-refractivity contribution in [2.45, 2.75) is 17.9 Å². The summed E-state index contributed by atoms with van der Waals surface area (Å²) in [6.45, 7) is 1.43. The lowest BCUT2D eigenvalue weighted by atomic mass is 10.1. The van der Waals surface area contributed by atoms with Crippen LogP contribution in [-0.4, -0.2) is 20.3 Å². The number of carbonyl (C=O) groups is 1. The summed E-state index contributed by atoms with van der Waals surface area (Å²) in [4.78, 5) is 12.1. The summed E-state index contributed by atoms with van der Waals surface area (Å²) in [5, 5.41) is 0. The molecule has 104 valence electrons. The van der Waals surface area contributed by atoms with Gasteiger partial charge in [-0.05, 0) is 19.1 Å². The SMILES string of the molecule is C[C@@H](OS(=O)(=O)c1ccccc1)C(=O)c1ccccc1. The third-order valence-corrected chi connectivity index (χ3v) is 4.12. The first-order valence-electron chi connectivity index (χ1n) is 6.08. The minimum Gasteiger partial charge on any atom is -0.291 e. The Balaban J connectivity index is 2.16. The van der Waals surface area contributed by atoms with E-state index in [1.165, 1.54) is 19.1 Å². The highest BCUT2D eigenvalue weighted by molar-refractivity contribution is 7.86. The quantitative estimate of drug-likeness (QED) is 0.627. The van der Waals surface area contributed by atoms with Gasteiger partial charge in [-0.1, -0.05) is 48.5 Å². The van der Waals surface area contributed by atoms with Crippen molar-refractivity contribution in [3.05, 3.63) is 66.2 Å². The fraction of sp³-hybridized carbons (Fsp3) is 0.133. The normalized spacial score (nSPS) is 12.8. The van der Waals surface area contributed by atoms with Crippen LogP contribution in [0.3, 0.4) is 0 Å². The highest BCUT2D eigenvalue weighted by Crippen LogP contribution is 2.15. The van der Waals surface area contributed by atoms with Gasteiger partial charge in [-0.15, -0.1) is 0 Å². The zero-order chi connectivity index (χ0) is 14.6. The molecule has 0 saturated heterocycles. The maximum absolute atomic E-state index is 12.1. The molecule has 0 aliphatic heterocycles. The Morgan fingerprint density at radius 1 is 0.950 bits per heavy atom. The second-order valence-corrected chi connectivity index (χ2v) is 5.81. The Morgan fingerprint density at radius 3 is 2.00 bits per heavy atom. The largest absolute Gasteiger partial charge is 0.297 e. The lowest BCUT2D eigenvalue weighted by Gasteiger charge is -2.12. The molecule has 2 aromatic carbocycles. The van der Waals surface area contributed by atoms with Crippen LogP contribution in [0.25, 0.3) is 0 Å². The zero-order valence-electron chi connectivity index (χ0n) is 10.9. The van der Waals surface area contributed by atoms with Gasteiger partial charge >= 0.3 is 0 Å². The number of rotatable bonds is 5. The summed E-state index contributed by atoms with van der Waals surface area (Å²) < 4.78 is 29.0. The molecular weight excluding hydrogens is 276 g/mol. The Morgan fingerprint density at radius 2 is 1.45 bits per heavy atom. The van der Waals surface area contributed by atoms with Gasteiger partial charge in [0.2, 0.25) is 0 Å². The number of carbonyl (C=O) groups excluding carboxylic acids is 1. The van der Waals surface area contributed by atoms with E-state index >= 15 is 0 Å². The minimum absolute atomic E-state index is 0.0349. The van der Waals surface area contributed by atoms with E-state index in [9.17, 15) is 13.2 Å². The number of benzene rings is 2. The van der Waals surface area contributed by atoms with Gasteiger partial charge in [-0.25, -0.2) is 0 Å². The van der Waals surface area contributed by atoms with Crippen LogP contribution in [0.1, 0.15) is 17.3 Å². The summed E-state index contributed by atoms with van der Waals surface area (Å²) in [5.41, 5.74) is 0.420. The number of hydrogen-bond acceptors (Lipinski definition) is 4. The van der Waals surface area contributed by atoms with Gasteiger partial charge in [-0.2, -0.15) is 8.42 Å². The number of ketones is 1. The fourth-order valence-electron chi connectivity index (χ4n) is 1.71. The molecule has 5 heteroatoms. The van der Waals surface area contributed by atoms with Crippen LogP contribution < -0.4 is 0 Å². The molecule has 0 aromatic heterocycles. The van der Waals surface area contributed by atoms with Crippen LogP contribution in [0.15, 0.2) is 65.6 Å². The molecule has 0 amide bonds. The average molecular weight is 290 g/mol. The average Bonchev–Trinajstić information content (AvgIpc) is 2.48. The molecule has 2 aromatic rings. The van der Waals surface area contributed by atoms with E-state index in [0.29, 0.717) is 5.56 Å². The van der Waals surface area contributed by atoms with Gasteiger partial charge in [0, 0.05) is 5.56 Å². The maximum atomic E-state index is 12.1. The first-order valence-corrected chi connectivity index (χ1v) is 7.49. The van der Waals surface area contributed by atoms with E-state index in [-0.39, 0.29) is 10.7 Å². The van der Waals surface area contributed by atoms with Gasteiger partial charge in [0.05, 0.1) is 4.90 Å². The molecular formula is C15H14O4S. The van der Waals surface area contributed by atoms with Crippen LogP contribution in [0.4, 0.5) is 0 Å². The molecule has 0 radical (unpaired) electrons. The molecule has 0 N–H and O–H groups in total. The highest BCUT2D eigenvalue weighted by Gasteiger charge is 2.24. The Kier molecular flexibility index (Phi) is 4.32. The first kappa shape index (κ1) is 14.4. The second-order valence-electron chi connectivity index (χ2n) is 4.24. The van der Waals surface area contributed by atoms with Gasteiger partial charge in [0.15, 0.2) is 5.78 Å². The van der Waals surface area contributed by atoms with Crippen molar-refractivity contribution in [2.24, 2.45) is 0 Å². The molecule has 0 aliphatic carbocycles. The molecule has 4 nitrogen and oxygen atoms in total. The summed E-state index contributed by atoms with van der Waals surface area (Å²) in [6, 6.07) is 16.2. The second kappa shape index (κ2) is 5.98. The van der Waals surface area contributed by atoms with Crippen LogP contribution in [-0.2, 0) is 14.3 Å². The van der Waals surface area contributed by atoms with Crippen molar-refractivity contribution in [3.8, 4) is 0 Å². The zero-order valence-corrected chi connectivity index (χ0v) is 11.7. The van der Waals surface area contributed by atoms with E-state index < -0.39 is 16.2 Å². The van der Waals surface area contributed by atoms with Crippen molar-refractivity contribution in [3.63, 3.8) is 0 Å². The predicted molar refractivity (Wildman–Crippen MR) is 74.9 cm³/mol. The summed E-state index contributed by atoms with van der Waals surface area (Å²) in [5.74, 6) is -0.370. The van der Waals surface area contributed by atoms with E-state index in [2.05, 4.69) is 0 Å². The smallest absolute Gasteiger partial charge is 0.291 e. The standard InChI is InChI=1S/C15H14O4S/c1-12(15(16)13-8-4-2-5-9-13)19-20(17,18)14-10-6-3-7-11-14/h2-12H,1H3/t12-/m1/s1. The Labute approximate surface area is 118 Å². The molecule has 2 rings (SSSR count). The molecule has 0 fully saturated rings. The molecule has 0 unspecified atom stereocenters. The third-order valence-electron chi connectivity index (χ3n) is 2.73. The molecule has 20 heavy (non-hydrogen) atoms. The van der Waals surface area contributed by atoms with Crippen LogP contribution in [0.5, 0.6) is 0 Å². The minimum atomic E-state index is -3.93. The first-order chi connectivity index (χ1) is 9.50. The molecule has 1 atom stereocenters. The third kappa shape index (κ3) is 3.31. The van der Waals surface area contributed by atoms with Crippen LogP contribution in [0.2, 0.25) is 0 Å². The summed E-state index contributed by atoms with van der Waals surface area (Å²) in [6.07, 6.45) is -1.07. The van der Waals surface area contributed by atoms with Gasteiger partial charge < -0.3 is 0 Å². The van der Waals surface area contributed by atoms with Crippen LogP contribution in [0, 0.1) is 0 Å². The fourth-order valence-corrected chi connectivity index (χ4v) is 2.78. The van der Waals surface area contributed by atoms with E-state index in [1.807, 2.05) is 0 Å². The summed E-state index contributed by atoms with van der Waals surface area (Å²) in [7, 11) is -3.93. The maximum Gasteiger partial charge on any atom is 0.297 e. The molecule has 0 bridgehead atoms. The highest BCUT2D eigenvalue weighted by atomic mass is 32.2. The lowest BCUT2D eigenvalue weighted by Crippen LogP contribution is -2.24. The van der Waals surface area contributed by atoms with Crippen LogP contribution >= 0.6 is 0 Å². The number of Topliss-reactive ketones (excluding diaryl/α,β-unsaturated/α-hetero) is 1. The lowest BCUT2D eigenvalue weighted by molar-refractivity contribution is 0.0826.